The molecular weight excluding hydrogens is 310 g/mol. The fraction of sp³-hybridized carbons (Fsp3) is 0.417. The molecule has 8 heteroatoms. The predicted molar refractivity (Wildman–Crippen MR) is 60.5 cm³/mol. The maximum atomic E-state index is 12.6. The number of hydrogen-bond donors (Lipinski definition) is 0. The summed E-state index contributed by atoms with van der Waals surface area (Å²) in [7, 11) is 0. The standard InChI is InChI=1S/C12H9ClF6O/c1-6(20)10(13)4-7-2-8(11(14,15)16)5-9(3-7)12(17,18)19/h2-3,5,10H,4H2,1H3/t10-/m0/s1. The molecular formula is C12H9ClF6O. The number of carbonyl (C=O) groups is 1. The van der Waals surface area contributed by atoms with Crippen LogP contribution in [0.25, 0.3) is 0 Å². The summed E-state index contributed by atoms with van der Waals surface area (Å²) in [5.41, 5.74) is -3.13. The van der Waals surface area contributed by atoms with Crippen LogP contribution in [0.3, 0.4) is 0 Å². The van der Waals surface area contributed by atoms with Gasteiger partial charge in [-0.15, -0.1) is 11.6 Å². The van der Waals surface area contributed by atoms with Crippen LogP contribution in [0.2, 0.25) is 0 Å². The zero-order valence-electron chi connectivity index (χ0n) is 10.1. The Bertz CT molecular complexity index is 473. The highest BCUT2D eigenvalue weighted by Crippen LogP contribution is 2.36. The molecule has 0 amide bonds. The van der Waals surface area contributed by atoms with E-state index < -0.39 is 41.1 Å². The maximum Gasteiger partial charge on any atom is 0.416 e. The molecule has 0 heterocycles. The van der Waals surface area contributed by atoms with Crippen LogP contribution >= 0.6 is 11.6 Å². The molecule has 1 rings (SSSR count). The molecule has 0 aliphatic heterocycles. The van der Waals surface area contributed by atoms with E-state index in [1.54, 1.807) is 0 Å². The van der Waals surface area contributed by atoms with Crippen molar-refractivity contribution in [1.82, 2.24) is 0 Å². The minimum absolute atomic E-state index is 0.0283. The van der Waals surface area contributed by atoms with Crippen molar-refractivity contribution in [3.63, 3.8) is 0 Å². The van der Waals surface area contributed by atoms with Gasteiger partial charge in [0.1, 0.15) is 5.78 Å². The molecule has 20 heavy (non-hydrogen) atoms. The van der Waals surface area contributed by atoms with Crippen LogP contribution in [0, 0.1) is 0 Å². The molecule has 1 aromatic carbocycles. The Labute approximate surface area is 115 Å². The summed E-state index contributed by atoms with van der Waals surface area (Å²) < 4.78 is 75.4. The number of hydrogen-bond acceptors (Lipinski definition) is 1. The third-order valence-electron chi connectivity index (χ3n) is 2.50. The van der Waals surface area contributed by atoms with Crippen LogP contribution in [-0.2, 0) is 23.6 Å². The van der Waals surface area contributed by atoms with Crippen molar-refractivity contribution in [1.29, 1.82) is 0 Å². The van der Waals surface area contributed by atoms with Crippen molar-refractivity contribution >= 4 is 17.4 Å². The van der Waals surface area contributed by atoms with Crippen molar-refractivity contribution in [3.8, 4) is 0 Å². The van der Waals surface area contributed by atoms with Gasteiger partial charge < -0.3 is 0 Å². The monoisotopic (exact) mass is 318 g/mol. The van der Waals surface area contributed by atoms with E-state index in [0.717, 1.165) is 6.92 Å². The molecule has 0 radical (unpaired) electrons. The third-order valence-corrected chi connectivity index (χ3v) is 2.97. The van der Waals surface area contributed by atoms with Crippen LogP contribution in [0.15, 0.2) is 18.2 Å². The van der Waals surface area contributed by atoms with Crippen LogP contribution in [-0.4, -0.2) is 11.2 Å². The summed E-state index contributed by atoms with van der Waals surface area (Å²) in [5, 5.41) is -1.17. The fourth-order valence-corrected chi connectivity index (χ4v) is 1.67. The maximum absolute atomic E-state index is 12.6. The first-order chi connectivity index (χ1) is 8.91. The van der Waals surface area contributed by atoms with Crippen LogP contribution in [0.5, 0.6) is 0 Å². The molecule has 1 nitrogen and oxygen atoms in total. The van der Waals surface area contributed by atoms with Gasteiger partial charge in [-0.1, -0.05) is 0 Å². The lowest BCUT2D eigenvalue weighted by Crippen LogP contribution is -2.16. The Hall–Kier alpha value is -1.24. The first-order valence-corrected chi connectivity index (χ1v) is 5.78. The largest absolute Gasteiger partial charge is 0.416 e. The summed E-state index contributed by atoms with van der Waals surface area (Å²) in [6.45, 7) is 1.11. The van der Waals surface area contributed by atoms with Crippen molar-refractivity contribution < 1.29 is 31.1 Å². The van der Waals surface area contributed by atoms with Crippen molar-refractivity contribution in [2.24, 2.45) is 0 Å². The molecule has 1 aromatic rings. The van der Waals surface area contributed by atoms with Crippen LogP contribution in [0.4, 0.5) is 26.3 Å². The first kappa shape index (κ1) is 16.8. The number of benzene rings is 1. The second-order valence-corrected chi connectivity index (χ2v) is 4.72. The lowest BCUT2D eigenvalue weighted by Gasteiger charge is -2.15. The minimum atomic E-state index is -4.91. The average Bonchev–Trinajstić information content (AvgIpc) is 2.26. The fourth-order valence-electron chi connectivity index (χ4n) is 1.49. The highest BCUT2D eigenvalue weighted by molar-refractivity contribution is 6.30. The van der Waals surface area contributed by atoms with Gasteiger partial charge in [-0.2, -0.15) is 26.3 Å². The van der Waals surface area contributed by atoms with Crippen LogP contribution in [0.1, 0.15) is 23.6 Å². The van der Waals surface area contributed by atoms with E-state index in [2.05, 4.69) is 0 Å². The molecule has 0 aliphatic rings. The summed E-state index contributed by atoms with van der Waals surface area (Å²) in [5.74, 6) is -0.530. The molecule has 0 bridgehead atoms. The normalized spacial score (nSPS) is 14.2. The molecule has 0 unspecified atom stereocenters. The van der Waals surface area contributed by atoms with E-state index in [1.807, 2.05) is 0 Å². The van der Waals surface area contributed by atoms with E-state index >= 15 is 0 Å². The zero-order valence-corrected chi connectivity index (χ0v) is 10.8. The summed E-state index contributed by atoms with van der Waals surface area (Å²) in [4.78, 5) is 10.9. The van der Waals surface area contributed by atoms with E-state index in [4.69, 9.17) is 11.6 Å². The highest BCUT2D eigenvalue weighted by Gasteiger charge is 2.37. The number of halogens is 7. The Morgan fingerprint density at radius 3 is 1.75 bits per heavy atom. The molecule has 0 spiro atoms. The summed E-state index contributed by atoms with van der Waals surface area (Å²) in [6, 6.07) is 1.15. The minimum Gasteiger partial charge on any atom is -0.298 e. The number of alkyl halides is 7. The quantitative estimate of drug-likeness (QED) is 0.594. The Kier molecular flexibility index (Phi) is 4.74. The molecule has 112 valence electrons. The van der Waals surface area contributed by atoms with Crippen molar-refractivity contribution in [3.05, 3.63) is 34.9 Å². The third kappa shape index (κ3) is 4.40. The topological polar surface area (TPSA) is 17.1 Å². The van der Waals surface area contributed by atoms with Gasteiger partial charge in [0.2, 0.25) is 0 Å². The molecule has 0 aromatic heterocycles. The highest BCUT2D eigenvalue weighted by atomic mass is 35.5. The SMILES string of the molecule is CC(=O)[C@@H](Cl)Cc1cc(C(F)(F)F)cc(C(F)(F)F)c1. The Morgan fingerprint density at radius 2 is 1.45 bits per heavy atom. The smallest absolute Gasteiger partial charge is 0.298 e. The zero-order chi connectivity index (χ0) is 15.7. The van der Waals surface area contributed by atoms with E-state index in [9.17, 15) is 31.1 Å². The number of Topliss-reactive ketones (excluding diaryl/α,β-unsaturated/α-hetero) is 1. The first-order valence-electron chi connectivity index (χ1n) is 5.34. The van der Waals surface area contributed by atoms with Gasteiger partial charge in [-0.25, -0.2) is 0 Å². The lowest BCUT2D eigenvalue weighted by molar-refractivity contribution is -0.143. The molecule has 0 fully saturated rings. The predicted octanol–water partition coefficient (Wildman–Crippen LogP) is 4.46. The molecule has 0 N–H and O–H groups in total. The van der Waals surface area contributed by atoms with Gasteiger partial charge in [-0.3, -0.25) is 4.79 Å². The van der Waals surface area contributed by atoms with Gasteiger partial charge in [0, 0.05) is 0 Å². The van der Waals surface area contributed by atoms with Crippen LogP contribution < -0.4 is 0 Å². The van der Waals surface area contributed by atoms with Crippen molar-refractivity contribution in [2.75, 3.05) is 0 Å². The average molecular weight is 319 g/mol. The number of carbonyl (C=O) groups excluding carboxylic acids is 1. The summed E-state index contributed by atoms with van der Waals surface area (Å²) >= 11 is 5.57. The Balaban J connectivity index is 3.28. The number of ketones is 1. The van der Waals surface area contributed by atoms with Gasteiger partial charge >= 0.3 is 12.4 Å². The molecule has 1 atom stereocenters. The second kappa shape index (κ2) is 5.63. The van der Waals surface area contributed by atoms with E-state index in [-0.39, 0.29) is 11.6 Å². The van der Waals surface area contributed by atoms with E-state index in [1.165, 1.54) is 0 Å². The van der Waals surface area contributed by atoms with Gasteiger partial charge in [0.15, 0.2) is 0 Å². The molecule has 0 aliphatic carbocycles. The van der Waals surface area contributed by atoms with Gasteiger partial charge in [0.05, 0.1) is 16.5 Å². The second-order valence-electron chi connectivity index (χ2n) is 4.20. The van der Waals surface area contributed by atoms with Gasteiger partial charge in [0.25, 0.3) is 0 Å². The lowest BCUT2D eigenvalue weighted by atomic mass is 10.0. The summed E-state index contributed by atoms with van der Waals surface area (Å²) in [6.07, 6.45) is -10.2. The van der Waals surface area contributed by atoms with E-state index in [0.29, 0.717) is 12.1 Å². The molecule has 0 saturated carbocycles. The Morgan fingerprint density at radius 1 is 1.05 bits per heavy atom. The molecule has 0 saturated heterocycles. The van der Waals surface area contributed by atoms with Gasteiger partial charge in [-0.05, 0) is 37.1 Å². The number of rotatable bonds is 3. The van der Waals surface area contributed by atoms with Crippen molar-refractivity contribution in [2.45, 2.75) is 31.1 Å².